The zero-order chi connectivity index (χ0) is 16.4. The first-order valence-corrected chi connectivity index (χ1v) is 10.1. The third-order valence-corrected chi connectivity index (χ3v) is 6.33. The summed E-state index contributed by atoms with van der Waals surface area (Å²) in [7, 11) is -3.13. The van der Waals surface area contributed by atoms with Crippen LogP contribution in [0.4, 0.5) is 0 Å². The minimum absolute atomic E-state index is 0.193. The van der Waals surface area contributed by atoms with Crippen LogP contribution in [0.1, 0.15) is 24.8 Å². The number of amides is 1. The molecule has 5 nitrogen and oxygen atoms in total. The number of sulfonamides is 1. The van der Waals surface area contributed by atoms with Crippen molar-refractivity contribution in [3.63, 3.8) is 0 Å². The molecule has 3 rings (SSSR count). The van der Waals surface area contributed by atoms with Crippen molar-refractivity contribution >= 4 is 15.9 Å². The standard InChI is InChI=1S/C17H24N2O3S/c1-23(21,22)18-11-10-16-15(13-18)7-8-17(20)19(16)12-9-14-5-3-2-4-6-14/h2-6,15-16H,7-13H2,1H3/t15-,16+/m0/s1. The van der Waals surface area contributed by atoms with Crippen LogP contribution in [0.25, 0.3) is 0 Å². The largest absolute Gasteiger partial charge is 0.339 e. The lowest BCUT2D eigenvalue weighted by Crippen LogP contribution is -2.57. The monoisotopic (exact) mass is 336 g/mol. The normalized spacial score (nSPS) is 26.1. The minimum Gasteiger partial charge on any atom is -0.339 e. The fraction of sp³-hybridized carbons (Fsp3) is 0.588. The number of nitrogens with zero attached hydrogens (tertiary/aromatic N) is 2. The number of benzene rings is 1. The van der Waals surface area contributed by atoms with E-state index in [1.54, 1.807) is 4.31 Å². The highest BCUT2D eigenvalue weighted by Gasteiger charge is 2.40. The summed E-state index contributed by atoms with van der Waals surface area (Å²) in [5, 5.41) is 0. The lowest BCUT2D eigenvalue weighted by molar-refractivity contribution is -0.140. The highest BCUT2D eigenvalue weighted by molar-refractivity contribution is 7.88. The second-order valence-electron chi connectivity index (χ2n) is 6.60. The van der Waals surface area contributed by atoms with Crippen LogP contribution in [0.5, 0.6) is 0 Å². The lowest BCUT2D eigenvalue weighted by atomic mass is 9.84. The van der Waals surface area contributed by atoms with E-state index >= 15 is 0 Å². The number of hydrogen-bond donors (Lipinski definition) is 0. The van der Waals surface area contributed by atoms with Crippen molar-refractivity contribution in [1.82, 2.24) is 9.21 Å². The van der Waals surface area contributed by atoms with Crippen LogP contribution >= 0.6 is 0 Å². The lowest BCUT2D eigenvalue weighted by Gasteiger charge is -2.46. The van der Waals surface area contributed by atoms with Crippen LogP contribution in [0.3, 0.4) is 0 Å². The zero-order valence-electron chi connectivity index (χ0n) is 13.5. The Morgan fingerprint density at radius 2 is 1.91 bits per heavy atom. The van der Waals surface area contributed by atoms with Crippen molar-refractivity contribution in [3.8, 4) is 0 Å². The molecule has 6 heteroatoms. The van der Waals surface area contributed by atoms with Crippen LogP contribution < -0.4 is 0 Å². The summed E-state index contributed by atoms with van der Waals surface area (Å²) < 4.78 is 25.1. The Labute approximate surface area is 138 Å². The molecule has 2 saturated heterocycles. The van der Waals surface area contributed by atoms with Gasteiger partial charge in [0.25, 0.3) is 0 Å². The van der Waals surface area contributed by atoms with Crippen LogP contribution in [0.2, 0.25) is 0 Å². The van der Waals surface area contributed by atoms with Gasteiger partial charge in [-0.3, -0.25) is 4.79 Å². The van der Waals surface area contributed by atoms with Gasteiger partial charge < -0.3 is 4.90 Å². The van der Waals surface area contributed by atoms with Gasteiger partial charge in [-0.05, 0) is 30.7 Å². The first-order valence-electron chi connectivity index (χ1n) is 8.23. The van der Waals surface area contributed by atoms with Crippen LogP contribution in [0.15, 0.2) is 30.3 Å². The maximum absolute atomic E-state index is 12.3. The highest BCUT2D eigenvalue weighted by Crippen LogP contribution is 2.32. The van der Waals surface area contributed by atoms with Crippen molar-refractivity contribution in [3.05, 3.63) is 35.9 Å². The molecule has 1 aromatic rings. The molecule has 0 N–H and O–H groups in total. The smallest absolute Gasteiger partial charge is 0.222 e. The molecule has 0 saturated carbocycles. The number of carbonyl (C=O) groups is 1. The quantitative estimate of drug-likeness (QED) is 0.837. The second kappa shape index (κ2) is 6.61. The molecule has 0 bridgehead atoms. The first kappa shape index (κ1) is 16.5. The van der Waals surface area contributed by atoms with Gasteiger partial charge in [0.2, 0.25) is 15.9 Å². The van der Waals surface area contributed by atoms with E-state index in [0.29, 0.717) is 19.5 Å². The molecule has 0 radical (unpaired) electrons. The molecule has 2 aliphatic rings. The molecule has 23 heavy (non-hydrogen) atoms. The Balaban J connectivity index is 1.67. The molecule has 0 aliphatic carbocycles. The van der Waals surface area contributed by atoms with Crippen molar-refractivity contribution in [2.75, 3.05) is 25.9 Å². The SMILES string of the molecule is CS(=O)(=O)N1CC[C@@H]2[C@@H](CCC(=O)N2CCc2ccccc2)C1. The summed E-state index contributed by atoms with van der Waals surface area (Å²) >= 11 is 0. The van der Waals surface area contributed by atoms with Crippen molar-refractivity contribution in [2.24, 2.45) is 5.92 Å². The van der Waals surface area contributed by atoms with E-state index in [-0.39, 0.29) is 17.9 Å². The van der Waals surface area contributed by atoms with E-state index < -0.39 is 10.0 Å². The summed E-state index contributed by atoms with van der Waals surface area (Å²) in [5.74, 6) is 0.488. The van der Waals surface area contributed by atoms with Crippen molar-refractivity contribution in [1.29, 1.82) is 0 Å². The Morgan fingerprint density at radius 3 is 2.61 bits per heavy atom. The molecule has 126 valence electrons. The minimum atomic E-state index is -3.13. The molecule has 2 fully saturated rings. The number of hydrogen-bond acceptors (Lipinski definition) is 3. The predicted molar refractivity (Wildman–Crippen MR) is 89.4 cm³/mol. The van der Waals surface area contributed by atoms with E-state index in [2.05, 4.69) is 12.1 Å². The number of carbonyl (C=O) groups excluding carboxylic acids is 1. The average Bonchev–Trinajstić information content (AvgIpc) is 2.53. The number of likely N-dealkylation sites (tertiary alicyclic amines) is 1. The molecule has 0 aromatic heterocycles. The van der Waals surface area contributed by atoms with Gasteiger partial charge in [-0.1, -0.05) is 30.3 Å². The Hall–Kier alpha value is -1.40. The van der Waals surface area contributed by atoms with Gasteiger partial charge in [-0.25, -0.2) is 12.7 Å². The molecular weight excluding hydrogens is 312 g/mol. The summed E-state index contributed by atoms with van der Waals surface area (Å²) in [6.07, 6.45) is 4.21. The van der Waals surface area contributed by atoms with Gasteiger partial charge in [-0.2, -0.15) is 0 Å². The van der Waals surface area contributed by atoms with E-state index in [1.807, 2.05) is 23.1 Å². The van der Waals surface area contributed by atoms with E-state index in [4.69, 9.17) is 0 Å². The molecule has 2 atom stereocenters. The average molecular weight is 336 g/mol. The van der Waals surface area contributed by atoms with Crippen LogP contribution in [-0.4, -0.2) is 55.5 Å². The van der Waals surface area contributed by atoms with E-state index in [0.717, 1.165) is 25.8 Å². The predicted octanol–water partition coefficient (Wildman–Crippen LogP) is 1.50. The Kier molecular flexibility index (Phi) is 4.73. The van der Waals surface area contributed by atoms with E-state index in [1.165, 1.54) is 11.8 Å². The van der Waals surface area contributed by atoms with Crippen molar-refractivity contribution < 1.29 is 13.2 Å². The van der Waals surface area contributed by atoms with Gasteiger partial charge in [0, 0.05) is 32.1 Å². The fourth-order valence-corrected chi connectivity index (χ4v) is 4.70. The molecule has 2 heterocycles. The summed E-state index contributed by atoms with van der Waals surface area (Å²) in [4.78, 5) is 14.3. The Bertz CT molecular complexity index is 660. The third-order valence-electron chi connectivity index (χ3n) is 5.06. The number of fused-ring (bicyclic) bond motifs is 1. The van der Waals surface area contributed by atoms with Gasteiger partial charge in [0.15, 0.2) is 0 Å². The molecule has 0 spiro atoms. The first-order chi connectivity index (χ1) is 10.9. The number of piperidine rings is 2. The van der Waals surface area contributed by atoms with E-state index in [9.17, 15) is 13.2 Å². The fourth-order valence-electron chi connectivity index (χ4n) is 3.80. The van der Waals surface area contributed by atoms with Gasteiger partial charge >= 0.3 is 0 Å². The third kappa shape index (κ3) is 3.75. The second-order valence-corrected chi connectivity index (χ2v) is 8.58. The zero-order valence-corrected chi connectivity index (χ0v) is 14.3. The van der Waals surface area contributed by atoms with Gasteiger partial charge in [0.1, 0.15) is 0 Å². The van der Waals surface area contributed by atoms with Crippen LogP contribution in [-0.2, 0) is 21.2 Å². The maximum atomic E-state index is 12.3. The summed E-state index contributed by atoms with van der Waals surface area (Å²) in [5.41, 5.74) is 1.23. The molecule has 1 amide bonds. The molecular formula is C17H24N2O3S. The van der Waals surface area contributed by atoms with Gasteiger partial charge in [0.05, 0.1) is 6.26 Å². The topological polar surface area (TPSA) is 57.7 Å². The molecule has 0 unspecified atom stereocenters. The van der Waals surface area contributed by atoms with Crippen molar-refractivity contribution in [2.45, 2.75) is 31.7 Å². The van der Waals surface area contributed by atoms with Gasteiger partial charge in [-0.15, -0.1) is 0 Å². The summed E-state index contributed by atoms with van der Waals surface area (Å²) in [6, 6.07) is 10.4. The maximum Gasteiger partial charge on any atom is 0.222 e. The Morgan fingerprint density at radius 1 is 1.17 bits per heavy atom. The van der Waals surface area contributed by atoms with Crippen LogP contribution in [0, 0.1) is 5.92 Å². The summed E-state index contributed by atoms with van der Waals surface area (Å²) in [6.45, 7) is 1.80. The highest BCUT2D eigenvalue weighted by atomic mass is 32.2. The number of rotatable bonds is 4. The molecule has 1 aromatic carbocycles. The molecule has 2 aliphatic heterocycles.